The van der Waals surface area contributed by atoms with Gasteiger partial charge in [-0.3, -0.25) is 4.79 Å². The monoisotopic (exact) mass is 388 g/mol. The quantitative estimate of drug-likeness (QED) is 0.841. The van der Waals surface area contributed by atoms with E-state index < -0.39 is 0 Å². The Morgan fingerprint density at radius 2 is 2.00 bits per heavy atom. The zero-order chi connectivity index (χ0) is 16.2. The van der Waals surface area contributed by atoms with Gasteiger partial charge in [-0.25, -0.2) is 4.98 Å². The number of hydrogen-bond acceptors (Lipinski definition) is 4. The lowest BCUT2D eigenvalue weighted by atomic mass is 10.1. The van der Waals surface area contributed by atoms with E-state index in [-0.39, 0.29) is 30.7 Å². The van der Waals surface area contributed by atoms with Crippen molar-refractivity contribution in [2.45, 2.75) is 51.6 Å². The first-order valence-electron chi connectivity index (χ1n) is 8.99. The van der Waals surface area contributed by atoms with Crippen LogP contribution in [0.4, 0.5) is 5.82 Å². The molecule has 5 nitrogen and oxygen atoms in total. The molecular weight excluding hydrogens is 359 g/mol. The molecule has 7 heteroatoms. The number of amides is 1. The van der Waals surface area contributed by atoms with Crippen LogP contribution in [0.2, 0.25) is 0 Å². The third-order valence-corrected chi connectivity index (χ3v) is 5.08. The molecule has 0 saturated carbocycles. The SMILES string of the molecule is CCCN(CC)c1ccc(C(=O)N2C3CCNCC2CC3)cn1.Cl.Cl. The molecule has 1 N–H and O–H groups in total. The topological polar surface area (TPSA) is 48.5 Å². The molecule has 142 valence electrons. The molecule has 2 atom stereocenters. The highest BCUT2D eigenvalue weighted by atomic mass is 35.5. The minimum absolute atomic E-state index is 0. The number of halogens is 2. The number of hydrogen-bond donors (Lipinski definition) is 1. The highest BCUT2D eigenvalue weighted by molar-refractivity contribution is 5.94. The summed E-state index contributed by atoms with van der Waals surface area (Å²) in [6, 6.07) is 4.68. The summed E-state index contributed by atoms with van der Waals surface area (Å²) in [5, 5.41) is 3.44. The van der Waals surface area contributed by atoms with E-state index in [1.165, 1.54) is 0 Å². The van der Waals surface area contributed by atoms with Gasteiger partial charge in [0, 0.05) is 37.9 Å². The Balaban J connectivity index is 0.00000156. The predicted octanol–water partition coefficient (Wildman–Crippen LogP) is 3.13. The van der Waals surface area contributed by atoms with Gasteiger partial charge < -0.3 is 15.1 Å². The van der Waals surface area contributed by atoms with Crippen LogP contribution in [0.3, 0.4) is 0 Å². The van der Waals surface area contributed by atoms with Crippen LogP contribution in [0.15, 0.2) is 18.3 Å². The van der Waals surface area contributed by atoms with Gasteiger partial charge in [-0.1, -0.05) is 6.92 Å². The number of rotatable bonds is 5. The third-order valence-electron chi connectivity index (χ3n) is 5.08. The van der Waals surface area contributed by atoms with Crippen LogP contribution in [-0.4, -0.2) is 54.1 Å². The molecular formula is C18H30Cl2N4O. The van der Waals surface area contributed by atoms with Crippen LogP contribution < -0.4 is 10.2 Å². The number of nitrogens with zero attached hydrogens (tertiary/aromatic N) is 3. The fourth-order valence-electron chi connectivity index (χ4n) is 3.87. The molecule has 2 fully saturated rings. The van der Waals surface area contributed by atoms with E-state index in [0.29, 0.717) is 12.1 Å². The minimum atomic E-state index is 0. The van der Waals surface area contributed by atoms with E-state index in [4.69, 9.17) is 0 Å². The summed E-state index contributed by atoms with van der Waals surface area (Å²) in [7, 11) is 0. The molecule has 3 heterocycles. The predicted molar refractivity (Wildman–Crippen MR) is 107 cm³/mol. The van der Waals surface area contributed by atoms with Crippen molar-refractivity contribution in [3.05, 3.63) is 23.9 Å². The molecule has 0 aromatic carbocycles. The smallest absolute Gasteiger partial charge is 0.255 e. The van der Waals surface area contributed by atoms with Crippen LogP contribution in [0, 0.1) is 0 Å². The fourth-order valence-corrected chi connectivity index (χ4v) is 3.87. The Hall–Kier alpha value is -1.04. The highest BCUT2D eigenvalue weighted by Gasteiger charge is 2.38. The van der Waals surface area contributed by atoms with E-state index in [0.717, 1.165) is 63.2 Å². The number of pyridine rings is 1. The molecule has 2 bridgehead atoms. The van der Waals surface area contributed by atoms with Gasteiger partial charge in [0.2, 0.25) is 0 Å². The molecule has 0 radical (unpaired) electrons. The van der Waals surface area contributed by atoms with Crippen LogP contribution in [-0.2, 0) is 0 Å². The van der Waals surface area contributed by atoms with E-state index in [2.05, 4.69) is 33.9 Å². The number of nitrogens with one attached hydrogen (secondary N) is 1. The Kier molecular flexibility index (Phi) is 8.97. The van der Waals surface area contributed by atoms with E-state index in [9.17, 15) is 4.79 Å². The van der Waals surface area contributed by atoms with Gasteiger partial charge in [-0.05, 0) is 51.3 Å². The maximum Gasteiger partial charge on any atom is 0.255 e. The zero-order valence-electron chi connectivity index (χ0n) is 15.1. The number of anilines is 1. The lowest BCUT2D eigenvalue weighted by molar-refractivity contribution is 0.0680. The second-order valence-corrected chi connectivity index (χ2v) is 6.57. The standard InChI is InChI=1S/C18H28N4O.2ClH/c1-3-11-21(4-2)17-8-5-14(12-20-17)18(23)22-15-6-7-16(22)13-19-10-9-15;;/h5,8,12,15-16,19H,3-4,6-7,9-11,13H2,1-2H3;2*1H. The van der Waals surface area contributed by atoms with Crippen molar-refractivity contribution < 1.29 is 4.79 Å². The van der Waals surface area contributed by atoms with Crippen molar-refractivity contribution in [2.75, 3.05) is 31.1 Å². The summed E-state index contributed by atoms with van der Waals surface area (Å²) in [5.74, 6) is 1.12. The van der Waals surface area contributed by atoms with E-state index in [1.54, 1.807) is 6.20 Å². The summed E-state index contributed by atoms with van der Waals surface area (Å²) in [6.07, 6.45) is 6.18. The first-order valence-corrected chi connectivity index (χ1v) is 8.99. The van der Waals surface area contributed by atoms with Crippen LogP contribution in [0.1, 0.15) is 49.9 Å². The largest absolute Gasteiger partial charge is 0.357 e. The van der Waals surface area contributed by atoms with Crippen molar-refractivity contribution in [1.29, 1.82) is 0 Å². The lowest BCUT2D eigenvalue weighted by Crippen LogP contribution is -2.42. The molecule has 2 unspecified atom stereocenters. The van der Waals surface area contributed by atoms with Crippen molar-refractivity contribution in [3.63, 3.8) is 0 Å². The van der Waals surface area contributed by atoms with Gasteiger partial charge in [0.1, 0.15) is 5.82 Å². The maximum absolute atomic E-state index is 12.9. The van der Waals surface area contributed by atoms with Gasteiger partial charge in [0.15, 0.2) is 0 Å². The number of carbonyl (C=O) groups is 1. The first-order chi connectivity index (χ1) is 11.2. The molecule has 3 rings (SSSR count). The van der Waals surface area contributed by atoms with E-state index in [1.807, 2.05) is 12.1 Å². The summed E-state index contributed by atoms with van der Waals surface area (Å²) < 4.78 is 0. The van der Waals surface area contributed by atoms with Gasteiger partial charge in [0.05, 0.1) is 5.56 Å². The molecule has 0 spiro atoms. The van der Waals surface area contributed by atoms with Crippen molar-refractivity contribution in [1.82, 2.24) is 15.2 Å². The minimum Gasteiger partial charge on any atom is -0.357 e. The van der Waals surface area contributed by atoms with Crippen LogP contribution >= 0.6 is 24.8 Å². The Morgan fingerprint density at radius 1 is 1.24 bits per heavy atom. The highest BCUT2D eigenvalue weighted by Crippen LogP contribution is 2.29. The molecule has 2 aliphatic heterocycles. The molecule has 2 aliphatic rings. The summed E-state index contributed by atoms with van der Waals surface area (Å²) in [4.78, 5) is 21.8. The third kappa shape index (κ3) is 4.78. The van der Waals surface area contributed by atoms with E-state index >= 15 is 0 Å². The second kappa shape index (κ2) is 10.2. The van der Waals surface area contributed by atoms with Crippen molar-refractivity contribution in [2.24, 2.45) is 0 Å². The second-order valence-electron chi connectivity index (χ2n) is 6.57. The van der Waals surface area contributed by atoms with Gasteiger partial charge in [-0.15, -0.1) is 24.8 Å². The Morgan fingerprint density at radius 3 is 2.64 bits per heavy atom. The lowest BCUT2D eigenvalue weighted by Gasteiger charge is -2.28. The maximum atomic E-state index is 12.9. The zero-order valence-corrected chi connectivity index (χ0v) is 16.7. The molecule has 0 aliphatic carbocycles. The summed E-state index contributed by atoms with van der Waals surface area (Å²) in [6.45, 7) is 8.19. The number of fused-ring (bicyclic) bond motifs is 2. The average molecular weight is 389 g/mol. The molecule has 1 aromatic heterocycles. The van der Waals surface area contributed by atoms with Crippen molar-refractivity contribution in [3.8, 4) is 0 Å². The van der Waals surface area contributed by atoms with Gasteiger partial charge in [-0.2, -0.15) is 0 Å². The number of carbonyl (C=O) groups excluding carboxylic acids is 1. The molecule has 1 aromatic rings. The normalized spacial score (nSPS) is 21.8. The first kappa shape index (κ1) is 22.0. The Bertz CT molecular complexity index is 526. The van der Waals surface area contributed by atoms with Crippen LogP contribution in [0.25, 0.3) is 0 Å². The average Bonchev–Trinajstić information content (AvgIpc) is 2.85. The summed E-state index contributed by atoms with van der Waals surface area (Å²) in [5.41, 5.74) is 0.722. The summed E-state index contributed by atoms with van der Waals surface area (Å²) >= 11 is 0. The number of aromatic nitrogens is 1. The van der Waals surface area contributed by atoms with Gasteiger partial charge >= 0.3 is 0 Å². The molecule has 25 heavy (non-hydrogen) atoms. The van der Waals surface area contributed by atoms with Crippen LogP contribution in [0.5, 0.6) is 0 Å². The van der Waals surface area contributed by atoms with Gasteiger partial charge in [0.25, 0.3) is 5.91 Å². The van der Waals surface area contributed by atoms with Crippen molar-refractivity contribution >= 4 is 36.5 Å². The molecule has 1 amide bonds. The molecule has 2 saturated heterocycles. The Labute approximate surface area is 163 Å². The fraction of sp³-hybridized carbons (Fsp3) is 0.667.